The van der Waals surface area contributed by atoms with Crippen molar-refractivity contribution in [2.75, 3.05) is 0 Å². The van der Waals surface area contributed by atoms with Crippen LogP contribution in [0.4, 0.5) is 0 Å². The highest BCUT2D eigenvalue weighted by Crippen LogP contribution is 2.70. The molecule has 0 radical (unpaired) electrons. The molecule has 1 aromatic carbocycles. The van der Waals surface area contributed by atoms with E-state index in [2.05, 4.69) is 6.07 Å². The van der Waals surface area contributed by atoms with Gasteiger partial charge in [0.25, 0.3) is 0 Å². The Labute approximate surface area is 122 Å². The van der Waals surface area contributed by atoms with Crippen LogP contribution in [0.1, 0.15) is 25.3 Å². The molecule has 106 valence electrons. The van der Waals surface area contributed by atoms with Crippen LogP contribution in [-0.4, -0.2) is 22.1 Å². The van der Waals surface area contributed by atoms with E-state index in [1.54, 1.807) is 11.8 Å². The highest BCUT2D eigenvalue weighted by Gasteiger charge is 2.77. The molecule has 2 aliphatic carbocycles. The van der Waals surface area contributed by atoms with E-state index in [0.717, 1.165) is 4.90 Å². The van der Waals surface area contributed by atoms with Crippen LogP contribution in [0.3, 0.4) is 0 Å². The summed E-state index contributed by atoms with van der Waals surface area (Å²) in [6, 6.07) is 8.17. The molecule has 0 aliphatic heterocycles. The second-order valence-electron chi connectivity index (χ2n) is 5.84. The fourth-order valence-corrected chi connectivity index (χ4v) is 5.42. The van der Waals surface area contributed by atoms with Gasteiger partial charge in [-0.05, 0) is 31.4 Å². The van der Waals surface area contributed by atoms with Gasteiger partial charge in [0.15, 0.2) is 0 Å². The van der Waals surface area contributed by atoms with Crippen molar-refractivity contribution < 1.29 is 14.7 Å². The van der Waals surface area contributed by atoms with E-state index >= 15 is 0 Å². The van der Waals surface area contributed by atoms with Gasteiger partial charge in [0.1, 0.15) is 5.78 Å². The van der Waals surface area contributed by atoms with Gasteiger partial charge < -0.3 is 5.11 Å². The zero-order valence-corrected chi connectivity index (χ0v) is 12.4. The Morgan fingerprint density at radius 1 is 1.50 bits per heavy atom. The number of carboxylic acids is 1. The van der Waals surface area contributed by atoms with Crippen LogP contribution < -0.4 is 0 Å². The molecule has 20 heavy (non-hydrogen) atoms. The van der Waals surface area contributed by atoms with Crippen LogP contribution >= 0.6 is 11.8 Å². The maximum atomic E-state index is 12.3. The molecule has 1 N–H and O–H groups in total. The van der Waals surface area contributed by atoms with Crippen LogP contribution in [0.2, 0.25) is 0 Å². The van der Waals surface area contributed by atoms with Crippen LogP contribution in [0.25, 0.3) is 0 Å². The van der Waals surface area contributed by atoms with Crippen molar-refractivity contribution in [1.82, 2.24) is 0 Å². The number of benzene rings is 1. The van der Waals surface area contributed by atoms with Crippen LogP contribution in [0, 0.1) is 24.2 Å². The van der Waals surface area contributed by atoms with Gasteiger partial charge >= 0.3 is 5.97 Å². The summed E-state index contributed by atoms with van der Waals surface area (Å²) in [4.78, 5) is 24.8. The normalized spacial score (nSPS) is 34.9. The van der Waals surface area contributed by atoms with Crippen LogP contribution in [-0.2, 0) is 9.59 Å². The van der Waals surface area contributed by atoms with Gasteiger partial charge in [-0.3, -0.25) is 9.59 Å². The Balaban J connectivity index is 1.83. The first-order valence-corrected chi connectivity index (χ1v) is 7.88. The molecule has 1 aromatic rings. The van der Waals surface area contributed by atoms with E-state index in [4.69, 9.17) is 0 Å². The highest BCUT2D eigenvalue weighted by atomic mass is 32.2. The number of aliphatic carboxylic acids is 1. The third-order valence-corrected chi connectivity index (χ3v) is 6.12. The number of fused-ring (bicyclic) bond motifs is 1. The Hall–Kier alpha value is -1.29. The first kappa shape index (κ1) is 13.7. The van der Waals surface area contributed by atoms with Gasteiger partial charge in [-0.2, -0.15) is 0 Å². The monoisotopic (exact) mass is 290 g/mol. The van der Waals surface area contributed by atoms with Gasteiger partial charge in [0.2, 0.25) is 0 Å². The number of carbonyl (C=O) groups excluding carboxylic acids is 1. The maximum Gasteiger partial charge on any atom is 0.307 e. The Morgan fingerprint density at radius 3 is 2.80 bits per heavy atom. The number of hydrogen-bond acceptors (Lipinski definition) is 3. The smallest absolute Gasteiger partial charge is 0.307 e. The molecule has 2 aliphatic rings. The average molecular weight is 290 g/mol. The zero-order chi connectivity index (χ0) is 14.5. The summed E-state index contributed by atoms with van der Waals surface area (Å²) in [5.41, 5.74) is 0.625. The first-order valence-electron chi connectivity index (χ1n) is 7.00. The van der Waals surface area contributed by atoms with Crippen LogP contribution in [0.5, 0.6) is 0 Å². The molecular weight excluding hydrogens is 272 g/mol. The summed E-state index contributed by atoms with van der Waals surface area (Å²) in [6.07, 6.45) is 1.17. The molecule has 4 atom stereocenters. The second kappa shape index (κ2) is 4.62. The minimum absolute atomic E-state index is 0.0167. The molecule has 0 heterocycles. The lowest BCUT2D eigenvalue weighted by Gasteiger charge is -2.12. The number of Topliss-reactive ketones (excluding diaryl/α,β-unsaturated/α-hetero) is 1. The van der Waals surface area contributed by atoms with Crippen molar-refractivity contribution in [3.63, 3.8) is 0 Å². The minimum Gasteiger partial charge on any atom is -0.481 e. The number of aryl methyl sites for hydroxylation is 1. The predicted molar refractivity (Wildman–Crippen MR) is 77.8 cm³/mol. The molecule has 3 nitrogen and oxygen atoms in total. The van der Waals surface area contributed by atoms with Crippen molar-refractivity contribution in [2.24, 2.45) is 17.3 Å². The quantitative estimate of drug-likeness (QED) is 0.925. The molecule has 2 saturated carbocycles. The lowest BCUT2D eigenvalue weighted by Crippen LogP contribution is -2.20. The summed E-state index contributed by atoms with van der Waals surface area (Å²) in [7, 11) is 0. The molecule has 0 saturated heterocycles. The van der Waals surface area contributed by atoms with Gasteiger partial charge in [-0.25, -0.2) is 0 Å². The molecule has 4 unspecified atom stereocenters. The molecule has 0 spiro atoms. The number of carbonyl (C=O) groups is 2. The van der Waals surface area contributed by atoms with E-state index in [9.17, 15) is 14.7 Å². The van der Waals surface area contributed by atoms with E-state index < -0.39 is 17.3 Å². The molecule has 0 aromatic heterocycles. The zero-order valence-electron chi connectivity index (χ0n) is 11.6. The van der Waals surface area contributed by atoms with Gasteiger partial charge in [0.05, 0.1) is 5.92 Å². The largest absolute Gasteiger partial charge is 0.481 e. The molecule has 2 fully saturated rings. The Kier molecular flexibility index (Phi) is 3.16. The van der Waals surface area contributed by atoms with Crippen molar-refractivity contribution in [3.05, 3.63) is 29.8 Å². The highest BCUT2D eigenvalue weighted by molar-refractivity contribution is 8.00. The Morgan fingerprint density at radius 2 is 2.25 bits per heavy atom. The van der Waals surface area contributed by atoms with Crippen LogP contribution in [0.15, 0.2) is 29.2 Å². The molecule has 0 amide bonds. The molecular formula is C16H18O3S. The summed E-state index contributed by atoms with van der Waals surface area (Å²) in [6.45, 7) is 3.98. The molecule has 4 heteroatoms. The summed E-state index contributed by atoms with van der Waals surface area (Å²) in [5.74, 6) is -1.10. The van der Waals surface area contributed by atoms with Crippen molar-refractivity contribution in [1.29, 1.82) is 0 Å². The Bertz CT molecular complexity index is 583. The lowest BCUT2D eigenvalue weighted by atomic mass is 9.95. The topological polar surface area (TPSA) is 54.4 Å². The third-order valence-electron chi connectivity index (χ3n) is 4.83. The minimum atomic E-state index is -0.806. The molecule has 3 rings (SSSR count). The lowest BCUT2D eigenvalue weighted by molar-refractivity contribution is -0.142. The number of hydrogen-bond donors (Lipinski definition) is 1. The molecule has 0 bridgehead atoms. The number of rotatable bonds is 4. The van der Waals surface area contributed by atoms with E-state index in [0.29, 0.717) is 12.8 Å². The van der Waals surface area contributed by atoms with E-state index in [-0.39, 0.29) is 17.0 Å². The van der Waals surface area contributed by atoms with Crippen molar-refractivity contribution in [2.45, 2.75) is 36.8 Å². The van der Waals surface area contributed by atoms with Gasteiger partial charge in [0, 0.05) is 22.0 Å². The summed E-state index contributed by atoms with van der Waals surface area (Å²) < 4.78 is 0. The average Bonchev–Trinajstić information content (AvgIpc) is 3.01. The maximum absolute atomic E-state index is 12.3. The van der Waals surface area contributed by atoms with E-state index in [1.165, 1.54) is 5.56 Å². The fourth-order valence-electron chi connectivity index (χ4n) is 3.88. The van der Waals surface area contributed by atoms with Crippen molar-refractivity contribution in [3.8, 4) is 0 Å². The first-order chi connectivity index (χ1) is 9.50. The SMILES string of the molecule is CCC12C(=O)CC(Sc3cccc(C)c3)C1C2C(=O)O. The second-order valence-corrected chi connectivity index (χ2v) is 7.15. The van der Waals surface area contributed by atoms with E-state index in [1.807, 2.05) is 32.0 Å². The number of carboxylic acid groups (broad SMARTS) is 1. The van der Waals surface area contributed by atoms with Crippen molar-refractivity contribution >= 4 is 23.5 Å². The number of thioether (sulfide) groups is 1. The summed E-state index contributed by atoms with van der Waals surface area (Å²) >= 11 is 1.67. The van der Waals surface area contributed by atoms with Gasteiger partial charge in [-0.15, -0.1) is 11.8 Å². The van der Waals surface area contributed by atoms with Gasteiger partial charge in [-0.1, -0.05) is 24.6 Å². The standard InChI is InChI=1S/C16H18O3S/c1-3-16-12(17)8-11(13(16)14(16)15(18)19)20-10-6-4-5-9(2)7-10/h4-7,11,13-14H,3,8H2,1-2H3,(H,18,19). The third kappa shape index (κ3) is 1.81. The summed E-state index contributed by atoms with van der Waals surface area (Å²) in [5, 5.41) is 9.46. The fraction of sp³-hybridized carbons (Fsp3) is 0.500. The number of ketones is 1. The predicted octanol–water partition coefficient (Wildman–Crippen LogP) is 3.16.